The average molecular weight is 559 g/mol. The van der Waals surface area contributed by atoms with E-state index in [9.17, 15) is 0 Å². The van der Waals surface area contributed by atoms with Crippen LogP contribution < -0.4 is 15.4 Å². The topological polar surface area (TPSA) is 58.1 Å². The van der Waals surface area contributed by atoms with Gasteiger partial charge in [-0.15, -0.1) is 24.0 Å². The largest absolute Gasteiger partial charge is 0.497 e. The monoisotopic (exact) mass is 558 g/mol. The molecule has 3 rings (SSSR count). The van der Waals surface area contributed by atoms with Crippen molar-refractivity contribution >= 4 is 41.5 Å². The van der Waals surface area contributed by atoms with Gasteiger partial charge in [0.1, 0.15) is 5.75 Å². The molecule has 0 amide bonds. The van der Waals surface area contributed by atoms with Crippen LogP contribution in [-0.4, -0.2) is 57.9 Å². The Labute approximate surface area is 207 Å². The molecule has 0 bridgehead atoms. The Bertz CT molecular complexity index is 844. The highest BCUT2D eigenvalue weighted by molar-refractivity contribution is 14.0. The summed E-state index contributed by atoms with van der Waals surface area (Å²) in [6, 6.07) is 14.5. The smallest absolute Gasteiger partial charge is 0.191 e. The summed E-state index contributed by atoms with van der Waals surface area (Å²) in [5, 5.41) is 7.46. The lowest BCUT2D eigenvalue weighted by atomic mass is 10.1. The number of hydrogen-bond donors (Lipinski definition) is 2. The van der Waals surface area contributed by atoms with Gasteiger partial charge in [0.15, 0.2) is 5.96 Å². The van der Waals surface area contributed by atoms with Gasteiger partial charge in [-0.1, -0.05) is 41.9 Å². The molecule has 2 aromatic carbocycles. The fourth-order valence-corrected chi connectivity index (χ4v) is 3.70. The molecule has 0 saturated carbocycles. The van der Waals surface area contributed by atoms with Crippen molar-refractivity contribution in [2.24, 2.45) is 4.99 Å². The van der Waals surface area contributed by atoms with E-state index in [4.69, 9.17) is 21.1 Å². The van der Waals surface area contributed by atoms with Gasteiger partial charge in [-0.2, -0.15) is 0 Å². The van der Waals surface area contributed by atoms with E-state index in [1.165, 1.54) is 11.1 Å². The lowest BCUT2D eigenvalue weighted by molar-refractivity contribution is 0.0342. The highest BCUT2D eigenvalue weighted by atomic mass is 127. The van der Waals surface area contributed by atoms with Crippen molar-refractivity contribution in [2.45, 2.75) is 19.5 Å². The van der Waals surface area contributed by atoms with Crippen LogP contribution in [0.2, 0.25) is 5.02 Å². The number of ether oxygens (including phenoxy) is 2. The maximum Gasteiger partial charge on any atom is 0.191 e. The number of morpholine rings is 1. The highest BCUT2D eigenvalue weighted by Gasteiger charge is 2.11. The van der Waals surface area contributed by atoms with Gasteiger partial charge in [-0.3, -0.25) is 9.89 Å². The molecule has 0 aliphatic carbocycles. The quantitative estimate of drug-likeness (QED) is 0.294. The van der Waals surface area contributed by atoms with Crippen molar-refractivity contribution in [1.29, 1.82) is 0 Å². The number of nitrogens with one attached hydrogen (secondary N) is 2. The first-order valence-electron chi connectivity index (χ1n) is 10.3. The molecule has 1 fully saturated rings. The van der Waals surface area contributed by atoms with Crippen LogP contribution in [0.25, 0.3) is 0 Å². The summed E-state index contributed by atoms with van der Waals surface area (Å²) in [5.74, 6) is 1.54. The highest BCUT2D eigenvalue weighted by Crippen LogP contribution is 2.22. The van der Waals surface area contributed by atoms with Gasteiger partial charge >= 0.3 is 0 Å². The Morgan fingerprint density at radius 2 is 1.90 bits per heavy atom. The summed E-state index contributed by atoms with van der Waals surface area (Å²) in [6.07, 6.45) is 0.804. The zero-order valence-electron chi connectivity index (χ0n) is 18.2. The average Bonchev–Trinajstić information content (AvgIpc) is 2.78. The molecule has 6 nitrogen and oxygen atoms in total. The first-order valence-corrected chi connectivity index (χ1v) is 10.7. The van der Waals surface area contributed by atoms with Gasteiger partial charge < -0.3 is 20.1 Å². The fourth-order valence-electron chi connectivity index (χ4n) is 3.44. The van der Waals surface area contributed by atoms with Crippen molar-refractivity contribution < 1.29 is 9.47 Å². The first kappa shape index (κ1) is 25.7. The minimum Gasteiger partial charge on any atom is -0.497 e. The van der Waals surface area contributed by atoms with E-state index >= 15 is 0 Å². The van der Waals surface area contributed by atoms with Gasteiger partial charge in [0, 0.05) is 44.8 Å². The summed E-state index contributed by atoms with van der Waals surface area (Å²) in [7, 11) is 3.42. The van der Waals surface area contributed by atoms with Crippen molar-refractivity contribution in [3.63, 3.8) is 0 Å². The fraction of sp³-hybridized carbons (Fsp3) is 0.435. The summed E-state index contributed by atoms with van der Waals surface area (Å²) in [6.45, 7) is 6.07. The Hall–Kier alpha value is -1.55. The van der Waals surface area contributed by atoms with Gasteiger partial charge in [-0.05, 0) is 35.2 Å². The summed E-state index contributed by atoms with van der Waals surface area (Å²) in [4.78, 5) is 6.75. The molecule has 1 aliphatic rings. The first-order chi connectivity index (χ1) is 14.7. The predicted octanol–water partition coefficient (Wildman–Crippen LogP) is 3.71. The molecular formula is C23H32ClIN4O2. The summed E-state index contributed by atoms with van der Waals surface area (Å²) in [5.41, 5.74) is 3.64. The number of nitrogens with zero attached hydrogens (tertiary/aromatic N) is 2. The minimum absolute atomic E-state index is 0. The number of hydrogen-bond acceptors (Lipinski definition) is 4. The second-order valence-corrected chi connectivity index (χ2v) is 7.68. The molecule has 170 valence electrons. The Morgan fingerprint density at radius 1 is 1.13 bits per heavy atom. The Morgan fingerprint density at radius 3 is 2.61 bits per heavy atom. The third kappa shape index (κ3) is 8.48. The molecule has 1 heterocycles. The molecule has 0 atom stereocenters. The number of halogens is 2. The third-order valence-electron chi connectivity index (χ3n) is 5.13. The van der Waals surface area contributed by atoms with Crippen molar-refractivity contribution in [3.8, 4) is 5.75 Å². The van der Waals surface area contributed by atoms with E-state index in [0.29, 0.717) is 0 Å². The van der Waals surface area contributed by atoms with Crippen LogP contribution in [0.15, 0.2) is 47.5 Å². The second-order valence-electron chi connectivity index (χ2n) is 7.27. The van der Waals surface area contributed by atoms with E-state index in [1.54, 1.807) is 14.2 Å². The second kappa shape index (κ2) is 13.8. The third-order valence-corrected chi connectivity index (χ3v) is 5.48. The van der Waals surface area contributed by atoms with Crippen LogP contribution >= 0.6 is 35.6 Å². The maximum absolute atomic E-state index is 6.32. The summed E-state index contributed by atoms with van der Waals surface area (Å²) < 4.78 is 10.6. The molecule has 0 aromatic heterocycles. The minimum atomic E-state index is 0. The zero-order valence-corrected chi connectivity index (χ0v) is 21.3. The summed E-state index contributed by atoms with van der Waals surface area (Å²) >= 11 is 6.32. The number of benzene rings is 2. The number of rotatable bonds is 8. The van der Waals surface area contributed by atoms with Crippen LogP contribution in [0.1, 0.15) is 16.7 Å². The standard InChI is InChI=1S/C23H31ClN4O2.HI/c1-25-23(26-9-8-20-6-7-21(29-2)15-22(20)24)27-16-18-4-3-5-19(14-18)17-28-10-12-30-13-11-28;/h3-7,14-15H,8-13,16-17H2,1-2H3,(H2,25,26,27);1H. The predicted molar refractivity (Wildman–Crippen MR) is 138 cm³/mol. The van der Waals surface area contributed by atoms with E-state index < -0.39 is 0 Å². The van der Waals surface area contributed by atoms with E-state index in [2.05, 4.69) is 44.8 Å². The molecule has 1 saturated heterocycles. The Balaban J connectivity index is 0.00000341. The number of guanidine groups is 1. The van der Waals surface area contributed by atoms with Crippen LogP contribution in [0.4, 0.5) is 0 Å². The molecule has 2 aromatic rings. The van der Waals surface area contributed by atoms with Crippen LogP contribution in [0.5, 0.6) is 5.75 Å². The van der Waals surface area contributed by atoms with Crippen LogP contribution in [-0.2, 0) is 24.2 Å². The normalized spacial score (nSPS) is 14.6. The van der Waals surface area contributed by atoms with Gasteiger partial charge in [-0.25, -0.2) is 0 Å². The lowest BCUT2D eigenvalue weighted by Crippen LogP contribution is -2.38. The maximum atomic E-state index is 6.32. The molecule has 1 aliphatic heterocycles. The van der Waals surface area contributed by atoms with E-state index in [-0.39, 0.29) is 24.0 Å². The molecule has 2 N–H and O–H groups in total. The number of methoxy groups -OCH3 is 1. The van der Waals surface area contributed by atoms with Gasteiger partial charge in [0.2, 0.25) is 0 Å². The van der Waals surface area contributed by atoms with Gasteiger partial charge in [0.05, 0.1) is 20.3 Å². The van der Waals surface area contributed by atoms with Gasteiger partial charge in [0.25, 0.3) is 0 Å². The molecular weight excluding hydrogens is 527 g/mol. The zero-order chi connectivity index (χ0) is 21.2. The van der Waals surface area contributed by atoms with E-state index in [0.717, 1.165) is 74.7 Å². The molecule has 0 spiro atoms. The molecule has 31 heavy (non-hydrogen) atoms. The van der Waals surface area contributed by atoms with Crippen LogP contribution in [0.3, 0.4) is 0 Å². The number of aliphatic imine (C=N–C) groups is 1. The SMILES string of the molecule is CN=C(NCCc1ccc(OC)cc1Cl)NCc1cccc(CN2CCOCC2)c1.I. The van der Waals surface area contributed by atoms with Crippen molar-refractivity contribution in [1.82, 2.24) is 15.5 Å². The Kier molecular flexibility index (Phi) is 11.4. The van der Waals surface area contributed by atoms with Crippen molar-refractivity contribution in [2.75, 3.05) is 47.0 Å². The molecule has 8 heteroatoms. The molecule has 0 radical (unpaired) electrons. The van der Waals surface area contributed by atoms with Crippen LogP contribution in [0, 0.1) is 0 Å². The van der Waals surface area contributed by atoms with Crippen molar-refractivity contribution in [3.05, 3.63) is 64.2 Å². The van der Waals surface area contributed by atoms with E-state index in [1.807, 2.05) is 18.2 Å². The lowest BCUT2D eigenvalue weighted by Gasteiger charge is -2.26. The molecule has 0 unspecified atom stereocenters.